The van der Waals surface area contributed by atoms with Crippen LogP contribution < -0.4 is 5.73 Å². The van der Waals surface area contributed by atoms with E-state index in [0.717, 1.165) is 0 Å². The molecule has 5 N–H and O–H groups in total. The topological polar surface area (TPSA) is 130 Å². The van der Waals surface area contributed by atoms with Gasteiger partial charge in [0.2, 0.25) is 0 Å². The molecule has 0 heterocycles. The Hall–Kier alpha value is -1.02. The number of hydrogen-bond donors (Lipinski definition) is 4. The highest BCUT2D eigenvalue weighted by Crippen LogP contribution is 2.05. The number of nitrogens with two attached hydrogens (primary N) is 1. The Balaban J connectivity index is 4.54. The van der Waals surface area contributed by atoms with Crippen LogP contribution in [0.2, 0.25) is 1.41 Å². The first-order chi connectivity index (χ1) is 7.47. The number of hydrogen-bond acceptors (Lipinski definition) is 7. The van der Waals surface area contributed by atoms with Crippen LogP contribution >= 0.6 is 0 Å². The fourth-order valence-corrected chi connectivity index (χ4v) is 0.793. The standard InChI is InChI=1S/C8H15NO6/c1-4(9)8(14)15-7(5(12)2-10)6(13)3-11/h2,4-7,11-13H,3,9H2,1H3/t4-,5-,6+,7-/m0/s1/i/hD. The molecule has 0 radical (unpaired) electrons. The van der Waals surface area contributed by atoms with Gasteiger partial charge in [-0.15, -0.1) is 0 Å². The number of aliphatic hydroxyl groups is 3. The molecule has 0 aromatic heterocycles. The van der Waals surface area contributed by atoms with E-state index in [1.165, 1.54) is 6.92 Å². The molecule has 0 saturated carbocycles. The van der Waals surface area contributed by atoms with Crippen molar-refractivity contribution in [3.8, 4) is 0 Å². The maximum Gasteiger partial charge on any atom is 0.323 e. The van der Waals surface area contributed by atoms with Crippen molar-refractivity contribution in [1.29, 1.82) is 0 Å². The lowest BCUT2D eigenvalue weighted by atomic mass is 10.1. The third-order valence-electron chi connectivity index (χ3n) is 1.65. The zero-order chi connectivity index (χ0) is 12.7. The summed E-state index contributed by atoms with van der Waals surface area (Å²) in [5, 5.41) is 27.0. The predicted octanol–water partition coefficient (Wildman–Crippen LogP) is -2.84. The van der Waals surface area contributed by atoms with Crippen LogP contribution in [-0.4, -0.2) is 58.5 Å². The van der Waals surface area contributed by atoms with Crippen molar-refractivity contribution >= 4 is 12.3 Å². The Kier molecular flexibility index (Phi) is 5.19. The molecule has 0 aromatic rings. The molecule has 7 heteroatoms. The number of ether oxygens (including phenoxy) is 1. The van der Waals surface area contributed by atoms with Gasteiger partial charge in [0.05, 0.1) is 6.61 Å². The lowest BCUT2D eigenvalue weighted by Crippen LogP contribution is -2.46. The molecule has 0 aromatic carbocycles. The maximum atomic E-state index is 11.2. The fraction of sp³-hybridized carbons (Fsp3) is 0.750. The molecule has 0 saturated heterocycles. The Bertz CT molecular complexity index is 239. The van der Waals surface area contributed by atoms with Crippen LogP contribution in [0.3, 0.4) is 0 Å². The summed E-state index contributed by atoms with van der Waals surface area (Å²) in [4.78, 5) is 21.5. The van der Waals surface area contributed by atoms with E-state index in [4.69, 9.17) is 11.6 Å². The van der Waals surface area contributed by atoms with Crippen LogP contribution in [0.5, 0.6) is 0 Å². The predicted molar refractivity (Wildman–Crippen MR) is 48.7 cm³/mol. The summed E-state index contributed by atoms with van der Waals surface area (Å²) in [5.41, 5.74) is 1.85. The average molecular weight is 222 g/mol. The lowest BCUT2D eigenvalue weighted by Gasteiger charge is -2.24. The van der Waals surface area contributed by atoms with Gasteiger partial charge < -0.3 is 30.6 Å². The first-order valence-electron chi connectivity index (χ1n) is 4.78. The molecular formula is C8H15NO6. The molecule has 0 unspecified atom stereocenters. The summed E-state index contributed by atoms with van der Waals surface area (Å²) < 4.78 is 11.3. The Morgan fingerprint density at radius 1 is 1.67 bits per heavy atom. The van der Waals surface area contributed by atoms with E-state index in [1.807, 2.05) is 5.73 Å². The summed E-state index contributed by atoms with van der Waals surface area (Å²) in [5.74, 6) is -0.923. The number of aldehydes is 1. The highest BCUT2D eigenvalue weighted by Gasteiger charge is 2.30. The smallest absolute Gasteiger partial charge is 0.323 e. The van der Waals surface area contributed by atoms with Gasteiger partial charge in [-0.05, 0) is 6.92 Å². The largest absolute Gasteiger partial charge is 0.455 e. The lowest BCUT2D eigenvalue weighted by molar-refractivity contribution is -0.168. The first-order valence-corrected chi connectivity index (χ1v) is 4.28. The molecule has 0 bridgehead atoms. The van der Waals surface area contributed by atoms with Gasteiger partial charge in [-0.1, -0.05) is 0 Å². The molecule has 4 atom stereocenters. The molecule has 88 valence electrons. The molecule has 0 fully saturated rings. The highest BCUT2D eigenvalue weighted by atomic mass is 16.6. The van der Waals surface area contributed by atoms with Gasteiger partial charge in [0.25, 0.3) is 0 Å². The minimum absolute atomic E-state index is 0.0790. The third kappa shape index (κ3) is 4.34. The SMILES string of the molecule is [2H]N[C@@H](C)C(=O)O[C@H]([C@H](O)CO)[C@@H](O)C=O. The van der Waals surface area contributed by atoms with E-state index >= 15 is 0 Å². The van der Waals surface area contributed by atoms with Gasteiger partial charge in [0.15, 0.2) is 12.4 Å². The van der Waals surface area contributed by atoms with E-state index in [0.29, 0.717) is 0 Å². The van der Waals surface area contributed by atoms with Crippen molar-refractivity contribution < 1.29 is 31.1 Å². The van der Waals surface area contributed by atoms with Crippen LogP contribution in [0.25, 0.3) is 0 Å². The average Bonchev–Trinajstić information content (AvgIpc) is 2.32. The zero-order valence-corrected chi connectivity index (χ0v) is 8.16. The van der Waals surface area contributed by atoms with Gasteiger partial charge in [0, 0.05) is 0 Å². The second-order valence-electron chi connectivity index (χ2n) is 3.00. The van der Waals surface area contributed by atoms with Crippen molar-refractivity contribution in [2.45, 2.75) is 31.3 Å². The van der Waals surface area contributed by atoms with Crippen molar-refractivity contribution in [2.24, 2.45) is 5.73 Å². The highest BCUT2D eigenvalue weighted by molar-refractivity contribution is 5.75. The number of carbonyl (C=O) groups is 2. The van der Waals surface area contributed by atoms with Crippen LogP contribution in [-0.2, 0) is 14.3 Å². The molecule has 15 heavy (non-hydrogen) atoms. The van der Waals surface area contributed by atoms with Gasteiger partial charge in [-0.3, -0.25) is 4.79 Å². The fourth-order valence-electron chi connectivity index (χ4n) is 0.793. The van der Waals surface area contributed by atoms with Crippen molar-refractivity contribution in [2.75, 3.05) is 6.61 Å². The Morgan fingerprint density at radius 2 is 2.27 bits per heavy atom. The third-order valence-corrected chi connectivity index (χ3v) is 1.65. The monoisotopic (exact) mass is 222 g/mol. The van der Waals surface area contributed by atoms with Crippen LogP contribution in [0.15, 0.2) is 0 Å². The van der Waals surface area contributed by atoms with Crippen LogP contribution in [0.1, 0.15) is 6.92 Å². The molecule has 0 spiro atoms. The van der Waals surface area contributed by atoms with Gasteiger partial charge in [-0.25, -0.2) is 0 Å². The summed E-state index contributed by atoms with van der Waals surface area (Å²) in [6.07, 6.45) is -4.77. The van der Waals surface area contributed by atoms with Crippen LogP contribution in [0, 0.1) is 0 Å². The maximum absolute atomic E-state index is 11.2. The molecule has 0 aliphatic heterocycles. The number of esters is 1. The second-order valence-corrected chi connectivity index (χ2v) is 3.00. The number of rotatable bonds is 7. The van der Waals surface area contributed by atoms with Crippen molar-refractivity contribution in [3.05, 3.63) is 0 Å². The van der Waals surface area contributed by atoms with E-state index in [2.05, 4.69) is 4.74 Å². The summed E-state index contributed by atoms with van der Waals surface area (Å²) in [7, 11) is 0. The van der Waals surface area contributed by atoms with Gasteiger partial charge >= 0.3 is 5.97 Å². The normalized spacial score (nSPS) is 19.6. The Labute approximate surface area is 87.9 Å². The van der Waals surface area contributed by atoms with Crippen molar-refractivity contribution in [3.63, 3.8) is 0 Å². The van der Waals surface area contributed by atoms with Crippen LogP contribution in [0.4, 0.5) is 0 Å². The van der Waals surface area contributed by atoms with E-state index in [-0.39, 0.29) is 6.29 Å². The molecule has 0 aliphatic rings. The Morgan fingerprint density at radius 3 is 2.67 bits per heavy atom. The quantitative estimate of drug-likeness (QED) is 0.269. The molecule has 7 nitrogen and oxygen atoms in total. The minimum atomic E-state index is -1.73. The van der Waals surface area contributed by atoms with E-state index < -0.39 is 36.9 Å². The van der Waals surface area contributed by atoms with Gasteiger partial charge in [-0.2, -0.15) is 0 Å². The number of carbonyl (C=O) groups excluding carboxylic acids is 2. The molecule has 0 aliphatic carbocycles. The first kappa shape index (κ1) is 12.1. The molecule has 0 amide bonds. The molecule has 0 rings (SSSR count). The van der Waals surface area contributed by atoms with E-state index in [9.17, 15) is 14.7 Å². The number of aliphatic hydroxyl groups excluding tert-OH is 3. The van der Waals surface area contributed by atoms with Crippen molar-refractivity contribution in [1.82, 2.24) is 0 Å². The summed E-state index contributed by atoms with van der Waals surface area (Å²) >= 11 is 0. The molecular weight excluding hydrogens is 206 g/mol. The minimum Gasteiger partial charge on any atom is -0.455 e. The zero-order valence-electron chi connectivity index (χ0n) is 9.16. The van der Waals surface area contributed by atoms with Gasteiger partial charge in [0.1, 0.15) is 19.7 Å². The second kappa shape index (κ2) is 6.46. The summed E-state index contributed by atoms with van der Waals surface area (Å²) in [6, 6.07) is -0.979. The van der Waals surface area contributed by atoms with E-state index in [1.54, 1.807) is 0 Å². The summed E-state index contributed by atoms with van der Waals surface area (Å²) in [6.45, 7) is 0.552.